The summed E-state index contributed by atoms with van der Waals surface area (Å²) < 4.78 is 0. The molecule has 0 aromatic rings. The number of carbonyl (C=O) groups excluding carboxylic acids is 1. The fraction of sp³-hybridized carbons (Fsp3) is 0.333. The maximum Gasteiger partial charge on any atom is 0.267 e. The van der Waals surface area contributed by atoms with E-state index < -0.39 is 6.04 Å². The molecule has 0 radical (unpaired) electrons. The summed E-state index contributed by atoms with van der Waals surface area (Å²) >= 11 is 0. The Kier molecular flexibility index (Phi) is 1.66. The molecule has 1 amide bonds. The topological polar surface area (TPSA) is 55.4 Å². The van der Waals surface area contributed by atoms with Gasteiger partial charge in [-0.1, -0.05) is 12.2 Å². The van der Waals surface area contributed by atoms with Gasteiger partial charge < -0.3 is 5.73 Å². The number of amides is 1. The van der Waals surface area contributed by atoms with E-state index in [1.54, 1.807) is 0 Å². The minimum absolute atomic E-state index is 0.236. The van der Waals surface area contributed by atoms with Gasteiger partial charge in [-0.15, -0.1) is 0 Å². The highest BCUT2D eigenvalue weighted by Crippen LogP contribution is 2.19. The number of hydrogen-bond donors (Lipinski definition) is 1. The number of dihydropyridines is 1. The Bertz CT molecular complexity index is 312. The second-order valence-electron chi connectivity index (χ2n) is 2.99. The summed E-state index contributed by atoms with van der Waals surface area (Å²) in [6.45, 7) is 0. The predicted molar refractivity (Wildman–Crippen MR) is 46.9 cm³/mol. The smallest absolute Gasteiger partial charge is 0.267 e. The van der Waals surface area contributed by atoms with E-state index >= 15 is 0 Å². The molecule has 1 heterocycles. The van der Waals surface area contributed by atoms with Crippen LogP contribution in [0.15, 0.2) is 28.8 Å². The maximum atomic E-state index is 11.1. The van der Waals surface area contributed by atoms with E-state index in [1.807, 2.05) is 18.2 Å². The van der Waals surface area contributed by atoms with E-state index in [0.29, 0.717) is 0 Å². The van der Waals surface area contributed by atoms with Crippen molar-refractivity contribution in [1.82, 2.24) is 0 Å². The SMILES string of the molecule is N[C@H]1C=C2CCC=CC2=NC1=O. The molecule has 0 bridgehead atoms. The zero-order chi connectivity index (χ0) is 8.55. The first-order valence-corrected chi connectivity index (χ1v) is 4.03. The van der Waals surface area contributed by atoms with Gasteiger partial charge in [-0.2, -0.15) is 0 Å². The quantitative estimate of drug-likeness (QED) is 0.566. The monoisotopic (exact) mass is 162 g/mol. The molecule has 62 valence electrons. The fourth-order valence-electron chi connectivity index (χ4n) is 1.43. The molecule has 1 aliphatic carbocycles. The lowest BCUT2D eigenvalue weighted by Gasteiger charge is -2.17. The van der Waals surface area contributed by atoms with Gasteiger partial charge in [0, 0.05) is 0 Å². The van der Waals surface area contributed by atoms with Crippen LogP contribution in [0.25, 0.3) is 0 Å². The third kappa shape index (κ3) is 1.12. The number of fused-ring (bicyclic) bond motifs is 1. The Balaban J connectivity index is 2.39. The predicted octanol–water partition coefficient (Wildman–Crippen LogP) is 0.571. The molecule has 1 atom stereocenters. The van der Waals surface area contributed by atoms with Crippen molar-refractivity contribution in [2.45, 2.75) is 18.9 Å². The first-order chi connectivity index (χ1) is 5.77. The molecule has 2 N–H and O–H groups in total. The van der Waals surface area contributed by atoms with E-state index in [1.165, 1.54) is 0 Å². The summed E-state index contributed by atoms with van der Waals surface area (Å²) in [5.74, 6) is -0.236. The lowest BCUT2D eigenvalue weighted by Crippen LogP contribution is -2.32. The van der Waals surface area contributed by atoms with Crippen molar-refractivity contribution < 1.29 is 4.79 Å². The van der Waals surface area contributed by atoms with E-state index in [4.69, 9.17) is 5.73 Å². The van der Waals surface area contributed by atoms with Crippen LogP contribution in [0, 0.1) is 0 Å². The molecule has 0 fully saturated rings. The third-order valence-corrected chi connectivity index (χ3v) is 2.08. The van der Waals surface area contributed by atoms with Crippen LogP contribution in [-0.4, -0.2) is 17.7 Å². The first kappa shape index (κ1) is 7.43. The van der Waals surface area contributed by atoms with Gasteiger partial charge in [0.15, 0.2) is 0 Å². The number of rotatable bonds is 0. The molecule has 0 aromatic heterocycles. The number of aliphatic imine (C=N–C) groups is 1. The molecule has 0 unspecified atom stereocenters. The molecular formula is C9H10N2O. The van der Waals surface area contributed by atoms with Crippen LogP contribution < -0.4 is 5.73 Å². The van der Waals surface area contributed by atoms with Gasteiger partial charge in [-0.05, 0) is 24.5 Å². The van der Waals surface area contributed by atoms with Gasteiger partial charge in [0.2, 0.25) is 0 Å². The summed E-state index contributed by atoms with van der Waals surface area (Å²) in [5.41, 5.74) is 7.44. The van der Waals surface area contributed by atoms with E-state index in [0.717, 1.165) is 24.1 Å². The zero-order valence-electron chi connectivity index (χ0n) is 6.66. The van der Waals surface area contributed by atoms with Gasteiger partial charge >= 0.3 is 0 Å². The highest BCUT2D eigenvalue weighted by atomic mass is 16.1. The van der Waals surface area contributed by atoms with Crippen molar-refractivity contribution in [3.8, 4) is 0 Å². The lowest BCUT2D eigenvalue weighted by atomic mass is 9.94. The molecule has 0 saturated carbocycles. The van der Waals surface area contributed by atoms with E-state index in [-0.39, 0.29) is 5.91 Å². The van der Waals surface area contributed by atoms with Gasteiger partial charge in [0.1, 0.15) is 6.04 Å². The third-order valence-electron chi connectivity index (χ3n) is 2.08. The Labute approximate surface area is 70.7 Å². The number of hydrogen-bond acceptors (Lipinski definition) is 2. The van der Waals surface area contributed by atoms with Crippen LogP contribution in [0.2, 0.25) is 0 Å². The lowest BCUT2D eigenvalue weighted by molar-refractivity contribution is -0.118. The van der Waals surface area contributed by atoms with Crippen LogP contribution in [0.3, 0.4) is 0 Å². The fourth-order valence-corrected chi connectivity index (χ4v) is 1.43. The molecule has 3 heteroatoms. The molecule has 2 aliphatic rings. The Morgan fingerprint density at radius 1 is 1.58 bits per heavy atom. The van der Waals surface area contributed by atoms with Crippen LogP contribution in [0.4, 0.5) is 0 Å². The van der Waals surface area contributed by atoms with Crippen molar-refractivity contribution in [2.75, 3.05) is 0 Å². The van der Waals surface area contributed by atoms with Crippen molar-refractivity contribution in [3.63, 3.8) is 0 Å². The zero-order valence-corrected chi connectivity index (χ0v) is 6.66. The van der Waals surface area contributed by atoms with Gasteiger partial charge in [-0.25, -0.2) is 4.99 Å². The first-order valence-electron chi connectivity index (χ1n) is 4.03. The van der Waals surface area contributed by atoms with Crippen LogP contribution in [-0.2, 0) is 4.79 Å². The summed E-state index contributed by atoms with van der Waals surface area (Å²) in [7, 11) is 0. The highest BCUT2D eigenvalue weighted by Gasteiger charge is 2.20. The molecular weight excluding hydrogens is 152 g/mol. The Hall–Kier alpha value is -1.22. The highest BCUT2D eigenvalue weighted by molar-refractivity contribution is 6.16. The van der Waals surface area contributed by atoms with Crippen molar-refractivity contribution >= 4 is 11.6 Å². The van der Waals surface area contributed by atoms with Crippen molar-refractivity contribution in [3.05, 3.63) is 23.8 Å². The van der Waals surface area contributed by atoms with Crippen molar-refractivity contribution in [2.24, 2.45) is 10.7 Å². The number of nitrogens with zero attached hydrogens (tertiary/aromatic N) is 1. The Morgan fingerprint density at radius 3 is 3.25 bits per heavy atom. The summed E-state index contributed by atoms with van der Waals surface area (Å²) in [5, 5.41) is 0. The van der Waals surface area contributed by atoms with Crippen LogP contribution >= 0.6 is 0 Å². The number of allylic oxidation sites excluding steroid dienone is 3. The minimum atomic E-state index is -0.518. The summed E-state index contributed by atoms with van der Waals surface area (Å²) in [6.07, 6.45) is 7.70. The van der Waals surface area contributed by atoms with Crippen LogP contribution in [0.1, 0.15) is 12.8 Å². The van der Waals surface area contributed by atoms with Crippen molar-refractivity contribution in [1.29, 1.82) is 0 Å². The molecule has 0 aromatic carbocycles. The Morgan fingerprint density at radius 2 is 2.42 bits per heavy atom. The molecule has 1 aliphatic heterocycles. The minimum Gasteiger partial charge on any atom is -0.317 e. The summed E-state index contributed by atoms with van der Waals surface area (Å²) in [6, 6.07) is -0.518. The molecule has 2 rings (SSSR count). The number of carbonyl (C=O) groups is 1. The van der Waals surface area contributed by atoms with Gasteiger partial charge in [0.05, 0.1) is 5.71 Å². The molecule has 12 heavy (non-hydrogen) atoms. The van der Waals surface area contributed by atoms with Gasteiger partial charge in [0.25, 0.3) is 5.91 Å². The normalized spacial score (nSPS) is 27.8. The molecule has 3 nitrogen and oxygen atoms in total. The largest absolute Gasteiger partial charge is 0.317 e. The second kappa shape index (κ2) is 2.68. The van der Waals surface area contributed by atoms with Gasteiger partial charge in [-0.3, -0.25) is 4.79 Å². The number of nitrogens with two attached hydrogens (primary N) is 1. The average molecular weight is 162 g/mol. The van der Waals surface area contributed by atoms with Crippen LogP contribution in [0.5, 0.6) is 0 Å². The molecule has 0 saturated heterocycles. The van der Waals surface area contributed by atoms with E-state index in [2.05, 4.69) is 4.99 Å². The summed E-state index contributed by atoms with van der Waals surface area (Å²) in [4.78, 5) is 14.9. The second-order valence-corrected chi connectivity index (χ2v) is 2.99. The standard InChI is InChI=1S/C9H10N2O/c10-7-5-6-3-1-2-4-8(6)11-9(7)12/h2,4-5,7H,1,3,10H2/t7-/m0/s1. The van der Waals surface area contributed by atoms with E-state index in [9.17, 15) is 4.79 Å². The molecule has 0 spiro atoms. The average Bonchev–Trinajstić information content (AvgIpc) is 2.07. The maximum absolute atomic E-state index is 11.1.